The SMILES string of the molecule is CCCC(C=O)OS(=O)(=O)c1ccccc1. The molecule has 1 rings (SSSR count). The van der Waals surface area contributed by atoms with Crippen LogP contribution in [-0.4, -0.2) is 20.8 Å². The minimum atomic E-state index is -3.83. The molecule has 0 aliphatic carbocycles. The van der Waals surface area contributed by atoms with Crippen LogP contribution >= 0.6 is 0 Å². The molecular formula is C11H14O4S. The van der Waals surface area contributed by atoms with Crippen LogP contribution in [0, 0.1) is 0 Å². The predicted molar refractivity (Wildman–Crippen MR) is 59.5 cm³/mol. The van der Waals surface area contributed by atoms with Gasteiger partial charge in [-0.3, -0.25) is 4.18 Å². The highest BCUT2D eigenvalue weighted by molar-refractivity contribution is 7.86. The maximum absolute atomic E-state index is 11.7. The molecule has 0 aromatic heterocycles. The third kappa shape index (κ3) is 3.43. The predicted octanol–water partition coefficient (Wildman–Crippen LogP) is 1.76. The van der Waals surface area contributed by atoms with Crippen molar-refractivity contribution in [1.29, 1.82) is 0 Å². The van der Waals surface area contributed by atoms with E-state index < -0.39 is 16.2 Å². The van der Waals surface area contributed by atoms with E-state index in [0.29, 0.717) is 19.1 Å². The molecule has 5 heteroatoms. The maximum Gasteiger partial charge on any atom is 0.297 e. The normalized spacial score (nSPS) is 13.3. The molecule has 0 spiro atoms. The fourth-order valence-corrected chi connectivity index (χ4v) is 2.30. The average Bonchev–Trinajstić information content (AvgIpc) is 2.29. The Labute approximate surface area is 95.4 Å². The first-order valence-corrected chi connectivity index (χ1v) is 6.44. The topological polar surface area (TPSA) is 60.4 Å². The van der Waals surface area contributed by atoms with E-state index in [-0.39, 0.29) is 4.90 Å². The van der Waals surface area contributed by atoms with Crippen LogP contribution < -0.4 is 0 Å². The molecule has 88 valence electrons. The van der Waals surface area contributed by atoms with E-state index in [0.717, 1.165) is 0 Å². The second-order valence-electron chi connectivity index (χ2n) is 3.33. The average molecular weight is 242 g/mol. The van der Waals surface area contributed by atoms with E-state index >= 15 is 0 Å². The lowest BCUT2D eigenvalue weighted by atomic mass is 10.2. The van der Waals surface area contributed by atoms with Gasteiger partial charge in [-0.2, -0.15) is 8.42 Å². The molecule has 0 radical (unpaired) electrons. The van der Waals surface area contributed by atoms with Crippen molar-refractivity contribution < 1.29 is 17.4 Å². The van der Waals surface area contributed by atoms with E-state index in [2.05, 4.69) is 0 Å². The molecule has 1 atom stereocenters. The Morgan fingerprint density at radius 3 is 2.44 bits per heavy atom. The minimum Gasteiger partial charge on any atom is -0.300 e. The molecule has 1 aromatic carbocycles. The van der Waals surface area contributed by atoms with Crippen LogP contribution in [0.3, 0.4) is 0 Å². The molecule has 0 heterocycles. The Bertz CT molecular complexity index is 425. The minimum absolute atomic E-state index is 0.0675. The number of carbonyl (C=O) groups excluding carboxylic acids is 1. The standard InChI is InChI=1S/C11H14O4S/c1-2-6-10(9-12)15-16(13,14)11-7-4-3-5-8-11/h3-5,7-10H,2,6H2,1H3. The van der Waals surface area contributed by atoms with Gasteiger partial charge in [-0.05, 0) is 18.6 Å². The first-order valence-electron chi connectivity index (χ1n) is 5.03. The van der Waals surface area contributed by atoms with Crippen LogP contribution in [-0.2, 0) is 19.1 Å². The number of hydrogen-bond acceptors (Lipinski definition) is 4. The Balaban J connectivity index is 2.83. The third-order valence-electron chi connectivity index (χ3n) is 2.01. The number of rotatable bonds is 6. The first-order chi connectivity index (χ1) is 7.60. The van der Waals surface area contributed by atoms with Gasteiger partial charge in [0.05, 0.1) is 4.90 Å². The zero-order chi connectivity index (χ0) is 12.0. The van der Waals surface area contributed by atoms with Gasteiger partial charge in [0.15, 0.2) is 0 Å². The number of benzene rings is 1. The molecule has 0 aliphatic heterocycles. The largest absolute Gasteiger partial charge is 0.300 e. The summed E-state index contributed by atoms with van der Waals surface area (Å²) in [6.45, 7) is 1.86. The third-order valence-corrected chi connectivity index (χ3v) is 3.36. The summed E-state index contributed by atoms with van der Waals surface area (Å²) in [5, 5.41) is 0. The first kappa shape index (κ1) is 12.9. The second kappa shape index (κ2) is 5.77. The van der Waals surface area contributed by atoms with Crippen molar-refractivity contribution in [2.24, 2.45) is 0 Å². The quantitative estimate of drug-likeness (QED) is 0.563. The molecule has 0 aliphatic rings. The molecule has 0 bridgehead atoms. The van der Waals surface area contributed by atoms with E-state index in [1.54, 1.807) is 18.2 Å². The lowest BCUT2D eigenvalue weighted by molar-refractivity contribution is -0.113. The van der Waals surface area contributed by atoms with Crippen molar-refractivity contribution in [2.75, 3.05) is 0 Å². The van der Waals surface area contributed by atoms with Crippen molar-refractivity contribution in [3.05, 3.63) is 30.3 Å². The Morgan fingerprint density at radius 2 is 1.94 bits per heavy atom. The molecule has 0 fully saturated rings. The van der Waals surface area contributed by atoms with Gasteiger partial charge >= 0.3 is 0 Å². The monoisotopic (exact) mass is 242 g/mol. The Hall–Kier alpha value is -1.20. The van der Waals surface area contributed by atoms with Crippen LogP contribution in [0.25, 0.3) is 0 Å². The molecule has 0 amide bonds. The fraction of sp³-hybridized carbons (Fsp3) is 0.364. The molecular weight excluding hydrogens is 228 g/mol. The summed E-state index contributed by atoms with van der Waals surface area (Å²) in [5.74, 6) is 0. The van der Waals surface area contributed by atoms with E-state index in [1.165, 1.54) is 12.1 Å². The number of hydrogen-bond donors (Lipinski definition) is 0. The van der Waals surface area contributed by atoms with Gasteiger partial charge in [0, 0.05) is 0 Å². The number of aldehydes is 1. The van der Waals surface area contributed by atoms with Gasteiger partial charge in [0.25, 0.3) is 10.1 Å². The van der Waals surface area contributed by atoms with E-state index in [1.807, 2.05) is 6.92 Å². The maximum atomic E-state index is 11.7. The lowest BCUT2D eigenvalue weighted by Crippen LogP contribution is -2.19. The van der Waals surface area contributed by atoms with Crippen LogP contribution in [0.15, 0.2) is 35.2 Å². The summed E-state index contributed by atoms with van der Waals surface area (Å²) in [6.07, 6.45) is 0.711. The fourth-order valence-electron chi connectivity index (χ4n) is 1.23. The van der Waals surface area contributed by atoms with Crippen molar-refractivity contribution in [3.63, 3.8) is 0 Å². The highest BCUT2D eigenvalue weighted by Gasteiger charge is 2.20. The van der Waals surface area contributed by atoms with Gasteiger partial charge in [0.2, 0.25) is 0 Å². The molecule has 0 saturated carbocycles. The van der Waals surface area contributed by atoms with Gasteiger partial charge in [-0.15, -0.1) is 0 Å². The Morgan fingerprint density at radius 1 is 1.31 bits per heavy atom. The molecule has 4 nitrogen and oxygen atoms in total. The van der Waals surface area contributed by atoms with Gasteiger partial charge in [-0.1, -0.05) is 31.5 Å². The van der Waals surface area contributed by atoms with Crippen molar-refractivity contribution >= 4 is 16.4 Å². The van der Waals surface area contributed by atoms with Crippen molar-refractivity contribution in [2.45, 2.75) is 30.8 Å². The summed E-state index contributed by atoms with van der Waals surface area (Å²) in [6, 6.07) is 7.78. The van der Waals surface area contributed by atoms with Gasteiger partial charge < -0.3 is 4.79 Å². The highest BCUT2D eigenvalue weighted by atomic mass is 32.2. The van der Waals surface area contributed by atoms with Crippen molar-refractivity contribution in [3.8, 4) is 0 Å². The second-order valence-corrected chi connectivity index (χ2v) is 4.90. The zero-order valence-electron chi connectivity index (χ0n) is 9.00. The summed E-state index contributed by atoms with van der Waals surface area (Å²) >= 11 is 0. The zero-order valence-corrected chi connectivity index (χ0v) is 9.81. The summed E-state index contributed by atoms with van der Waals surface area (Å²) in [5.41, 5.74) is 0. The van der Waals surface area contributed by atoms with Gasteiger partial charge in [-0.25, -0.2) is 0 Å². The van der Waals surface area contributed by atoms with Crippen LogP contribution in [0.5, 0.6) is 0 Å². The van der Waals surface area contributed by atoms with Crippen LogP contribution in [0.2, 0.25) is 0 Å². The molecule has 1 unspecified atom stereocenters. The smallest absolute Gasteiger partial charge is 0.297 e. The lowest BCUT2D eigenvalue weighted by Gasteiger charge is -2.10. The molecule has 16 heavy (non-hydrogen) atoms. The highest BCUT2D eigenvalue weighted by Crippen LogP contribution is 2.14. The van der Waals surface area contributed by atoms with Crippen molar-refractivity contribution in [1.82, 2.24) is 0 Å². The molecule has 0 saturated heterocycles. The Kier molecular flexibility index (Phi) is 4.64. The summed E-state index contributed by atoms with van der Waals surface area (Å²) in [4.78, 5) is 10.7. The van der Waals surface area contributed by atoms with Gasteiger partial charge in [0.1, 0.15) is 12.4 Å². The summed E-state index contributed by atoms with van der Waals surface area (Å²) in [7, 11) is -3.83. The molecule has 0 N–H and O–H groups in total. The van der Waals surface area contributed by atoms with Crippen LogP contribution in [0.4, 0.5) is 0 Å². The van der Waals surface area contributed by atoms with Crippen LogP contribution in [0.1, 0.15) is 19.8 Å². The summed E-state index contributed by atoms with van der Waals surface area (Å²) < 4.78 is 28.2. The molecule has 1 aromatic rings. The van der Waals surface area contributed by atoms with E-state index in [4.69, 9.17) is 4.18 Å². The van der Waals surface area contributed by atoms with E-state index in [9.17, 15) is 13.2 Å². The number of carbonyl (C=O) groups is 1.